The van der Waals surface area contributed by atoms with E-state index in [4.69, 9.17) is 9.47 Å². The lowest BCUT2D eigenvalue weighted by molar-refractivity contribution is -0.230. The highest BCUT2D eigenvalue weighted by Crippen LogP contribution is 2.26. The van der Waals surface area contributed by atoms with Gasteiger partial charge in [-0.05, 0) is 18.4 Å². The SMILES string of the molecule is CCCCCCCCCCCCCCCCN(C(=O)CCCCCCCCCCCCC)[C@@H]1O[C@H](CO)[C@@H](O)[C@H](O)[C@H]1NC(=O)OCc1ccccc1. The summed E-state index contributed by atoms with van der Waals surface area (Å²) in [5.41, 5.74) is 0.807. The Morgan fingerprint density at radius 2 is 1.11 bits per heavy atom. The van der Waals surface area contributed by atoms with E-state index >= 15 is 0 Å². The highest BCUT2D eigenvalue weighted by Gasteiger charge is 2.48. The molecule has 2 rings (SSSR count). The standard InChI is InChI=1S/C44H78N2O7/c1-3-5-7-9-11-13-15-16-17-19-21-23-25-30-34-46(39(48)33-29-24-22-20-18-14-12-10-8-6-4-2)43-40(42(50)41(49)38(35-47)53-43)45-44(51)52-36-37-31-27-26-28-32-37/h26-28,31-32,38,40-43,47,49-50H,3-25,29-30,33-36H2,1-2H3,(H,45,51)/t38-,40-,41-,42-,43-/m1/s1. The van der Waals surface area contributed by atoms with Crippen LogP contribution < -0.4 is 5.32 Å². The largest absolute Gasteiger partial charge is 0.445 e. The maximum Gasteiger partial charge on any atom is 0.407 e. The van der Waals surface area contributed by atoms with Crippen LogP contribution in [-0.4, -0.2) is 76.0 Å². The van der Waals surface area contributed by atoms with Gasteiger partial charge < -0.3 is 35.0 Å². The molecule has 9 heteroatoms. The first-order valence-electron chi connectivity index (χ1n) is 21.8. The molecule has 0 aromatic heterocycles. The first-order valence-corrected chi connectivity index (χ1v) is 21.8. The summed E-state index contributed by atoms with van der Waals surface area (Å²) >= 11 is 0. The lowest BCUT2D eigenvalue weighted by Gasteiger charge is -2.46. The van der Waals surface area contributed by atoms with Crippen molar-refractivity contribution in [1.82, 2.24) is 10.2 Å². The Labute approximate surface area is 323 Å². The number of alkyl carbamates (subject to hydrolysis) is 1. The molecule has 0 radical (unpaired) electrons. The number of carbonyl (C=O) groups excluding carboxylic acids is 2. The van der Waals surface area contributed by atoms with E-state index in [-0.39, 0.29) is 12.5 Å². The number of hydrogen-bond donors (Lipinski definition) is 4. The van der Waals surface area contributed by atoms with Gasteiger partial charge in [0.1, 0.15) is 31.0 Å². The molecule has 2 amide bonds. The minimum Gasteiger partial charge on any atom is -0.445 e. The third-order valence-corrected chi connectivity index (χ3v) is 10.8. The average Bonchev–Trinajstić information content (AvgIpc) is 3.17. The molecule has 1 aromatic carbocycles. The lowest BCUT2D eigenvalue weighted by Crippen LogP contribution is -2.68. The van der Waals surface area contributed by atoms with Gasteiger partial charge in [-0.3, -0.25) is 4.79 Å². The van der Waals surface area contributed by atoms with Gasteiger partial charge in [-0.2, -0.15) is 0 Å². The maximum atomic E-state index is 13.9. The second-order valence-electron chi connectivity index (χ2n) is 15.4. The molecule has 306 valence electrons. The quantitative estimate of drug-likeness (QED) is 0.0541. The van der Waals surface area contributed by atoms with E-state index in [0.717, 1.165) is 50.5 Å². The van der Waals surface area contributed by atoms with Gasteiger partial charge in [-0.1, -0.05) is 192 Å². The van der Waals surface area contributed by atoms with Crippen LogP contribution in [0.1, 0.15) is 186 Å². The van der Waals surface area contributed by atoms with Gasteiger partial charge in [-0.15, -0.1) is 0 Å². The van der Waals surface area contributed by atoms with Gasteiger partial charge in [0, 0.05) is 13.0 Å². The summed E-state index contributed by atoms with van der Waals surface area (Å²) in [6.45, 7) is 4.40. The number of aliphatic hydroxyl groups excluding tert-OH is 3. The Morgan fingerprint density at radius 1 is 0.660 bits per heavy atom. The molecule has 1 aliphatic heterocycles. The van der Waals surface area contributed by atoms with Gasteiger partial charge in [0.2, 0.25) is 5.91 Å². The zero-order chi connectivity index (χ0) is 38.4. The summed E-state index contributed by atoms with van der Waals surface area (Å²) < 4.78 is 11.6. The number of nitrogens with one attached hydrogen (secondary N) is 1. The fourth-order valence-electron chi connectivity index (χ4n) is 7.38. The number of hydrogen-bond acceptors (Lipinski definition) is 7. The van der Waals surface area contributed by atoms with Crippen molar-refractivity contribution in [2.75, 3.05) is 13.2 Å². The number of unbranched alkanes of at least 4 members (excludes halogenated alkanes) is 23. The van der Waals surface area contributed by atoms with E-state index in [2.05, 4.69) is 19.2 Å². The molecule has 1 heterocycles. The molecule has 5 atom stereocenters. The molecule has 1 aromatic rings. The number of rotatable bonds is 32. The minimum atomic E-state index is -1.47. The smallest absolute Gasteiger partial charge is 0.407 e. The summed E-state index contributed by atoms with van der Waals surface area (Å²) in [5.74, 6) is -0.106. The Bertz CT molecular complexity index is 1030. The van der Waals surface area contributed by atoms with Gasteiger partial charge in [0.25, 0.3) is 0 Å². The van der Waals surface area contributed by atoms with E-state index in [1.165, 1.54) is 116 Å². The van der Waals surface area contributed by atoms with Crippen molar-refractivity contribution in [1.29, 1.82) is 0 Å². The number of ether oxygens (including phenoxy) is 2. The van der Waals surface area contributed by atoms with E-state index < -0.39 is 43.3 Å². The van der Waals surface area contributed by atoms with Crippen molar-refractivity contribution in [3.63, 3.8) is 0 Å². The summed E-state index contributed by atoms with van der Waals surface area (Å²) in [7, 11) is 0. The normalized spacial score (nSPS) is 20.0. The molecule has 4 N–H and O–H groups in total. The molecule has 1 aliphatic rings. The predicted molar refractivity (Wildman–Crippen MR) is 214 cm³/mol. The highest BCUT2D eigenvalue weighted by molar-refractivity contribution is 5.76. The average molecular weight is 747 g/mol. The highest BCUT2D eigenvalue weighted by atomic mass is 16.6. The number of aliphatic hydroxyl groups is 3. The fourth-order valence-corrected chi connectivity index (χ4v) is 7.38. The van der Waals surface area contributed by atoms with Crippen LogP contribution in [0, 0.1) is 0 Å². The molecule has 9 nitrogen and oxygen atoms in total. The summed E-state index contributed by atoms with van der Waals surface area (Å²) in [4.78, 5) is 28.5. The van der Waals surface area contributed by atoms with Crippen molar-refractivity contribution in [2.45, 2.75) is 218 Å². The van der Waals surface area contributed by atoms with Crippen LogP contribution in [0.4, 0.5) is 4.79 Å². The summed E-state index contributed by atoms with van der Waals surface area (Å²) in [6, 6.07) is 8.14. The third kappa shape index (κ3) is 20.9. The number of carbonyl (C=O) groups is 2. The topological polar surface area (TPSA) is 129 Å². The van der Waals surface area contributed by atoms with Crippen LogP contribution >= 0.6 is 0 Å². The van der Waals surface area contributed by atoms with Crippen LogP contribution in [0.2, 0.25) is 0 Å². The maximum absolute atomic E-state index is 13.9. The zero-order valence-corrected chi connectivity index (χ0v) is 33.7. The Kier molecular flexibility index (Phi) is 27.5. The van der Waals surface area contributed by atoms with Crippen LogP contribution in [-0.2, 0) is 20.9 Å². The number of benzene rings is 1. The van der Waals surface area contributed by atoms with Crippen LogP contribution in [0.25, 0.3) is 0 Å². The van der Waals surface area contributed by atoms with E-state index in [1.54, 1.807) is 4.90 Å². The third-order valence-electron chi connectivity index (χ3n) is 10.8. The van der Waals surface area contributed by atoms with E-state index in [1.807, 2.05) is 30.3 Å². The van der Waals surface area contributed by atoms with Gasteiger partial charge in [-0.25, -0.2) is 4.79 Å². The first-order chi connectivity index (χ1) is 25.9. The first kappa shape index (κ1) is 47.0. The minimum absolute atomic E-state index is 0.0311. The molecule has 0 spiro atoms. The van der Waals surface area contributed by atoms with Crippen molar-refractivity contribution in [2.24, 2.45) is 0 Å². The van der Waals surface area contributed by atoms with Gasteiger partial charge in [0.15, 0.2) is 6.23 Å². The zero-order valence-electron chi connectivity index (χ0n) is 33.7. The molecule has 0 aliphatic carbocycles. The number of nitrogens with zero attached hydrogens (tertiary/aromatic N) is 1. The van der Waals surface area contributed by atoms with Gasteiger partial charge in [0.05, 0.1) is 6.61 Å². The fraction of sp³-hybridized carbons (Fsp3) is 0.818. The molecule has 1 fully saturated rings. The molecule has 0 unspecified atom stereocenters. The second kappa shape index (κ2) is 31.1. The number of amides is 2. The Morgan fingerprint density at radius 3 is 1.58 bits per heavy atom. The van der Waals surface area contributed by atoms with Crippen LogP contribution in [0.5, 0.6) is 0 Å². The van der Waals surface area contributed by atoms with Crippen molar-refractivity contribution in [3.8, 4) is 0 Å². The summed E-state index contributed by atoms with van der Waals surface area (Å²) in [5, 5.41) is 34.7. The molecule has 0 bridgehead atoms. The molecule has 0 saturated carbocycles. The van der Waals surface area contributed by atoms with Crippen LogP contribution in [0.3, 0.4) is 0 Å². The second-order valence-corrected chi connectivity index (χ2v) is 15.4. The Hall–Kier alpha value is -2.20. The lowest BCUT2D eigenvalue weighted by atomic mass is 9.95. The molecule has 1 saturated heterocycles. The van der Waals surface area contributed by atoms with Crippen molar-refractivity contribution in [3.05, 3.63) is 35.9 Å². The van der Waals surface area contributed by atoms with E-state index in [9.17, 15) is 24.9 Å². The van der Waals surface area contributed by atoms with Crippen molar-refractivity contribution >= 4 is 12.0 Å². The Balaban J connectivity index is 1.93. The van der Waals surface area contributed by atoms with Crippen LogP contribution in [0.15, 0.2) is 30.3 Å². The van der Waals surface area contributed by atoms with Gasteiger partial charge >= 0.3 is 6.09 Å². The van der Waals surface area contributed by atoms with Crippen molar-refractivity contribution < 1.29 is 34.4 Å². The molecule has 53 heavy (non-hydrogen) atoms. The van der Waals surface area contributed by atoms with E-state index in [0.29, 0.717) is 13.0 Å². The molecular formula is C44H78N2O7. The summed E-state index contributed by atoms with van der Waals surface area (Å²) in [6.07, 6.45) is 24.7. The predicted octanol–water partition coefficient (Wildman–Crippen LogP) is 9.73. The monoisotopic (exact) mass is 747 g/mol. The molecular weight excluding hydrogens is 668 g/mol.